The lowest BCUT2D eigenvalue weighted by molar-refractivity contribution is 0.920. The zero-order chi connectivity index (χ0) is 8.36. The first-order valence-corrected chi connectivity index (χ1v) is 7.06. The summed E-state index contributed by atoms with van der Waals surface area (Å²) in [5, 5.41) is 0. The molecule has 0 heterocycles. The van der Waals surface area contributed by atoms with Crippen LogP contribution in [0.4, 0.5) is 0 Å². The molecule has 11 heavy (non-hydrogen) atoms. The van der Waals surface area contributed by atoms with E-state index < -0.39 is 0 Å². The predicted octanol–water partition coefficient (Wildman–Crippen LogP) is 0.305. The lowest BCUT2D eigenvalue weighted by atomic mass is 10.5. The van der Waals surface area contributed by atoms with Crippen molar-refractivity contribution in [3.8, 4) is 0 Å². The Morgan fingerprint density at radius 2 is 1.27 bits per heavy atom. The fourth-order valence-corrected chi connectivity index (χ4v) is 3.75. The highest BCUT2D eigenvalue weighted by Crippen LogP contribution is 1.93. The summed E-state index contributed by atoms with van der Waals surface area (Å²) in [6.45, 7) is 1.72. The molecule has 0 aliphatic carbocycles. The van der Waals surface area contributed by atoms with E-state index in [0.29, 0.717) is 0 Å². The van der Waals surface area contributed by atoms with Gasteiger partial charge < -0.3 is 11.5 Å². The van der Waals surface area contributed by atoms with E-state index in [-0.39, 0.29) is 0 Å². The molecule has 4 N–H and O–H groups in total. The molecule has 0 unspecified atom stereocenters. The minimum Gasteiger partial charge on any atom is -0.330 e. The third kappa shape index (κ3) is 10.4. The minimum atomic E-state index is 0.860. The van der Waals surface area contributed by atoms with E-state index >= 15 is 0 Å². The molecule has 0 rings (SSSR count). The van der Waals surface area contributed by atoms with Crippen LogP contribution in [0.15, 0.2) is 0 Å². The van der Waals surface area contributed by atoms with Gasteiger partial charge in [0.25, 0.3) is 0 Å². The van der Waals surface area contributed by atoms with Crippen molar-refractivity contribution in [3.63, 3.8) is 0 Å². The molecule has 0 aromatic carbocycles. The van der Waals surface area contributed by atoms with Crippen molar-refractivity contribution < 1.29 is 0 Å². The standard InChI is InChI=1S/C7H18N2Si2/c8-3-1-5-10-7-11-6-2-4-9/h1-9H2. The molecule has 0 saturated heterocycles. The quantitative estimate of drug-likeness (QED) is 0.423. The summed E-state index contributed by atoms with van der Waals surface area (Å²) in [5.41, 5.74) is 12.2. The molecule has 0 fully saturated rings. The molecular weight excluding hydrogens is 168 g/mol. The van der Waals surface area contributed by atoms with Gasteiger partial charge in [-0.05, 0) is 25.9 Å². The fourth-order valence-electron chi connectivity index (χ4n) is 0.719. The molecule has 0 aromatic rings. The average Bonchev–Trinajstić information content (AvgIpc) is 2.03. The van der Waals surface area contributed by atoms with Crippen molar-refractivity contribution in [2.24, 2.45) is 11.5 Å². The van der Waals surface area contributed by atoms with Crippen LogP contribution in [0.3, 0.4) is 0 Å². The molecule has 64 valence electrons. The van der Waals surface area contributed by atoms with Gasteiger partial charge >= 0.3 is 0 Å². The van der Waals surface area contributed by atoms with Gasteiger partial charge in [-0.25, -0.2) is 0 Å². The number of hydrogen-bond acceptors (Lipinski definition) is 2. The van der Waals surface area contributed by atoms with Crippen LogP contribution >= 0.6 is 0 Å². The molecule has 0 aromatic heterocycles. The second kappa shape index (κ2) is 10.4. The first kappa shape index (κ1) is 11.4. The Morgan fingerprint density at radius 1 is 0.818 bits per heavy atom. The largest absolute Gasteiger partial charge is 0.330 e. The maximum atomic E-state index is 5.38. The van der Waals surface area contributed by atoms with Crippen LogP contribution in [0.1, 0.15) is 12.8 Å². The highest BCUT2D eigenvalue weighted by atomic mass is 28.3. The maximum Gasteiger partial charge on any atom is 0.0343 e. The van der Waals surface area contributed by atoms with Crippen molar-refractivity contribution in [1.29, 1.82) is 0 Å². The molecule has 4 radical (unpaired) electrons. The van der Waals surface area contributed by atoms with Crippen LogP contribution < -0.4 is 11.5 Å². The van der Waals surface area contributed by atoms with E-state index in [2.05, 4.69) is 0 Å². The monoisotopic (exact) mass is 186 g/mol. The van der Waals surface area contributed by atoms with Gasteiger partial charge in [0.2, 0.25) is 0 Å². The van der Waals surface area contributed by atoms with Gasteiger partial charge in [-0.1, -0.05) is 17.8 Å². The van der Waals surface area contributed by atoms with Crippen molar-refractivity contribution >= 4 is 19.0 Å². The van der Waals surface area contributed by atoms with E-state index in [0.717, 1.165) is 32.1 Å². The van der Waals surface area contributed by atoms with Gasteiger partial charge in [0.05, 0.1) is 0 Å². The van der Waals surface area contributed by atoms with Gasteiger partial charge in [-0.2, -0.15) is 0 Å². The van der Waals surface area contributed by atoms with Crippen LogP contribution in [0.2, 0.25) is 17.8 Å². The summed E-state index contributed by atoms with van der Waals surface area (Å²) in [5.74, 6) is 0. The van der Waals surface area contributed by atoms with E-state index in [1.54, 1.807) is 0 Å². The molecule has 0 amide bonds. The van der Waals surface area contributed by atoms with E-state index in [4.69, 9.17) is 11.5 Å². The Balaban J connectivity index is 2.69. The van der Waals surface area contributed by atoms with E-state index in [1.165, 1.54) is 30.6 Å². The van der Waals surface area contributed by atoms with E-state index in [9.17, 15) is 0 Å². The SMILES string of the molecule is NCCC[Si]C[Si]CCCN. The Hall–Kier alpha value is 0.354. The Morgan fingerprint density at radius 3 is 1.64 bits per heavy atom. The third-order valence-electron chi connectivity index (χ3n) is 1.37. The molecule has 4 heteroatoms. The number of hydrogen-bond donors (Lipinski definition) is 2. The lowest BCUT2D eigenvalue weighted by Crippen LogP contribution is -2.04. The van der Waals surface area contributed by atoms with Gasteiger partial charge in [-0.3, -0.25) is 0 Å². The van der Waals surface area contributed by atoms with Crippen molar-refractivity contribution in [3.05, 3.63) is 0 Å². The molecule has 0 aliphatic rings. The van der Waals surface area contributed by atoms with Crippen LogP contribution in [-0.4, -0.2) is 32.1 Å². The molecule has 0 saturated carbocycles. The number of nitrogens with two attached hydrogens (primary N) is 2. The van der Waals surface area contributed by atoms with Crippen molar-refractivity contribution in [2.75, 3.05) is 13.1 Å². The summed E-state index contributed by atoms with van der Waals surface area (Å²) >= 11 is 0. The summed E-state index contributed by atoms with van der Waals surface area (Å²) < 4.78 is 0. The number of rotatable bonds is 8. The summed E-state index contributed by atoms with van der Waals surface area (Å²) in [4.78, 5) is 0. The van der Waals surface area contributed by atoms with Crippen molar-refractivity contribution in [2.45, 2.75) is 30.6 Å². The third-order valence-corrected chi connectivity index (χ3v) is 4.78. The van der Waals surface area contributed by atoms with Gasteiger partial charge in [0.15, 0.2) is 0 Å². The average molecular weight is 186 g/mol. The van der Waals surface area contributed by atoms with Gasteiger partial charge in [0, 0.05) is 19.0 Å². The summed E-state index contributed by atoms with van der Waals surface area (Å²) in [7, 11) is 2.28. The highest BCUT2D eigenvalue weighted by Gasteiger charge is 1.91. The molecule has 0 spiro atoms. The van der Waals surface area contributed by atoms with E-state index in [1.807, 2.05) is 0 Å². The predicted molar refractivity (Wildman–Crippen MR) is 53.3 cm³/mol. The second-order valence-corrected chi connectivity index (χ2v) is 5.88. The molecular formula is C7H18N2Si2. The molecule has 0 atom stereocenters. The smallest absolute Gasteiger partial charge is 0.0343 e. The molecule has 0 aliphatic heterocycles. The van der Waals surface area contributed by atoms with Crippen LogP contribution in [-0.2, 0) is 0 Å². The Kier molecular flexibility index (Phi) is 10.7. The summed E-state index contributed by atoms with van der Waals surface area (Å²) in [6.07, 6.45) is 2.42. The zero-order valence-electron chi connectivity index (χ0n) is 7.10. The lowest BCUT2D eigenvalue weighted by Gasteiger charge is -1.96. The minimum absolute atomic E-state index is 0.860. The Labute approximate surface area is 74.8 Å². The van der Waals surface area contributed by atoms with Gasteiger partial charge in [0.1, 0.15) is 0 Å². The van der Waals surface area contributed by atoms with Crippen molar-refractivity contribution in [1.82, 2.24) is 0 Å². The van der Waals surface area contributed by atoms with Crippen LogP contribution in [0, 0.1) is 0 Å². The second-order valence-electron chi connectivity index (χ2n) is 2.46. The van der Waals surface area contributed by atoms with Crippen LogP contribution in [0.25, 0.3) is 0 Å². The highest BCUT2D eigenvalue weighted by molar-refractivity contribution is 6.55. The first-order valence-electron chi connectivity index (χ1n) is 4.23. The Bertz CT molecular complexity index is 63.5. The maximum absolute atomic E-state index is 5.38. The normalized spacial score (nSPS) is 10.4. The molecule has 0 bridgehead atoms. The van der Waals surface area contributed by atoms with Gasteiger partial charge in [-0.15, -0.1) is 0 Å². The first-order chi connectivity index (χ1) is 5.41. The topological polar surface area (TPSA) is 52.0 Å². The summed E-state index contributed by atoms with van der Waals surface area (Å²) in [6, 6.07) is 2.68. The van der Waals surface area contributed by atoms with Crippen LogP contribution in [0.5, 0.6) is 0 Å². The fraction of sp³-hybridized carbons (Fsp3) is 1.00. The zero-order valence-corrected chi connectivity index (χ0v) is 9.10. The molecule has 2 nitrogen and oxygen atoms in total.